The van der Waals surface area contributed by atoms with Crippen molar-refractivity contribution in [3.63, 3.8) is 0 Å². The minimum atomic E-state index is -0.325. The molecular weight excluding hydrogens is 459 g/mol. The van der Waals surface area contributed by atoms with E-state index in [1.807, 2.05) is 18.2 Å². The van der Waals surface area contributed by atoms with Gasteiger partial charge in [-0.25, -0.2) is 9.37 Å². The number of carbonyl (C=O) groups is 2. The number of methoxy groups -OCH3 is 2. The molecule has 0 aliphatic rings. The van der Waals surface area contributed by atoms with Crippen molar-refractivity contribution in [2.24, 2.45) is 0 Å². The van der Waals surface area contributed by atoms with E-state index in [0.29, 0.717) is 33.9 Å². The molecular formula is C29H25FN2O4. The second-order valence-corrected chi connectivity index (χ2v) is 8.21. The smallest absolute Gasteiger partial charge is 0.181 e. The lowest BCUT2D eigenvalue weighted by Crippen LogP contribution is -2.08. The first-order valence-electron chi connectivity index (χ1n) is 11.4. The Labute approximate surface area is 208 Å². The SMILES string of the molecule is COc1cc(C(=O)CCC(=O)c2ccc(OC)c(-c3ccc(F)c(C)c3)n2)ccc1-c1ccncc1. The Morgan fingerprint density at radius 1 is 0.806 bits per heavy atom. The Hall–Kier alpha value is -4.39. The minimum Gasteiger partial charge on any atom is -0.496 e. The lowest BCUT2D eigenvalue weighted by molar-refractivity contribution is 0.0915. The number of benzene rings is 2. The van der Waals surface area contributed by atoms with E-state index in [0.717, 1.165) is 11.1 Å². The Balaban J connectivity index is 1.50. The first-order chi connectivity index (χ1) is 17.4. The zero-order chi connectivity index (χ0) is 25.7. The fourth-order valence-electron chi connectivity index (χ4n) is 3.90. The summed E-state index contributed by atoms with van der Waals surface area (Å²) in [5.74, 6) is 0.260. The van der Waals surface area contributed by atoms with Crippen LogP contribution >= 0.6 is 0 Å². The summed E-state index contributed by atoms with van der Waals surface area (Å²) < 4.78 is 24.6. The Kier molecular flexibility index (Phi) is 7.49. The molecule has 0 unspecified atom stereocenters. The van der Waals surface area contributed by atoms with E-state index in [2.05, 4.69) is 9.97 Å². The summed E-state index contributed by atoms with van der Waals surface area (Å²) in [6.07, 6.45) is 3.40. The molecule has 182 valence electrons. The average Bonchev–Trinajstić information content (AvgIpc) is 2.92. The molecule has 0 atom stereocenters. The number of halogens is 1. The molecule has 0 fully saturated rings. The predicted octanol–water partition coefficient (Wildman–Crippen LogP) is 6.12. The molecule has 36 heavy (non-hydrogen) atoms. The van der Waals surface area contributed by atoms with Crippen molar-refractivity contribution < 1.29 is 23.5 Å². The molecule has 4 aromatic rings. The van der Waals surface area contributed by atoms with Crippen molar-refractivity contribution >= 4 is 11.6 Å². The quantitative estimate of drug-likeness (QED) is 0.266. The molecule has 0 aliphatic heterocycles. The van der Waals surface area contributed by atoms with Crippen molar-refractivity contribution in [3.8, 4) is 33.9 Å². The summed E-state index contributed by atoms with van der Waals surface area (Å²) in [4.78, 5) is 34.3. The van der Waals surface area contributed by atoms with E-state index < -0.39 is 0 Å². The maximum atomic E-state index is 13.7. The lowest BCUT2D eigenvalue weighted by Gasteiger charge is -2.11. The molecule has 2 heterocycles. The van der Waals surface area contributed by atoms with Crippen LogP contribution in [0, 0.1) is 12.7 Å². The summed E-state index contributed by atoms with van der Waals surface area (Å²) in [5, 5.41) is 0. The number of hydrogen-bond donors (Lipinski definition) is 0. The number of rotatable bonds is 9. The average molecular weight is 485 g/mol. The van der Waals surface area contributed by atoms with Gasteiger partial charge in [0.05, 0.1) is 14.2 Å². The highest BCUT2D eigenvalue weighted by Gasteiger charge is 2.17. The Morgan fingerprint density at radius 2 is 1.53 bits per heavy atom. The van der Waals surface area contributed by atoms with E-state index in [9.17, 15) is 14.0 Å². The zero-order valence-corrected chi connectivity index (χ0v) is 20.2. The molecule has 0 spiro atoms. The van der Waals surface area contributed by atoms with E-state index in [1.165, 1.54) is 13.2 Å². The molecule has 0 amide bonds. The van der Waals surface area contributed by atoms with E-state index >= 15 is 0 Å². The van der Waals surface area contributed by atoms with Crippen LogP contribution in [0.15, 0.2) is 73.1 Å². The standard InChI is InChI=1S/C29H25FN2O4/c1-18-16-21(5-7-23(18)30)29-27(35-2)11-8-24(32-29)26(34)10-9-25(33)20-4-6-22(28(17-20)36-3)19-12-14-31-15-13-19/h4-8,11-17H,9-10H2,1-3H3. The summed E-state index contributed by atoms with van der Waals surface area (Å²) in [7, 11) is 3.05. The highest BCUT2D eigenvalue weighted by molar-refractivity contribution is 6.02. The van der Waals surface area contributed by atoms with E-state index in [-0.39, 0.29) is 35.9 Å². The maximum absolute atomic E-state index is 13.7. The van der Waals surface area contributed by atoms with Crippen LogP contribution in [0.1, 0.15) is 39.3 Å². The Bertz CT molecular complexity index is 1420. The number of aromatic nitrogens is 2. The number of ketones is 2. The highest BCUT2D eigenvalue weighted by atomic mass is 19.1. The van der Waals surface area contributed by atoms with Gasteiger partial charge in [-0.1, -0.05) is 6.07 Å². The van der Waals surface area contributed by atoms with Crippen LogP contribution in [-0.2, 0) is 0 Å². The molecule has 2 aromatic carbocycles. The number of carbonyl (C=O) groups excluding carboxylic acids is 2. The molecule has 2 aromatic heterocycles. The molecule has 0 aliphatic carbocycles. The topological polar surface area (TPSA) is 78.4 Å². The van der Waals surface area contributed by atoms with Gasteiger partial charge < -0.3 is 9.47 Å². The minimum absolute atomic E-state index is 0.00549. The van der Waals surface area contributed by atoms with Crippen LogP contribution in [0.4, 0.5) is 4.39 Å². The molecule has 4 rings (SSSR count). The summed E-state index contributed by atoms with van der Waals surface area (Å²) in [6, 6.07) is 16.8. The van der Waals surface area contributed by atoms with Crippen LogP contribution in [0.25, 0.3) is 22.4 Å². The van der Waals surface area contributed by atoms with Crippen LogP contribution in [0.2, 0.25) is 0 Å². The van der Waals surface area contributed by atoms with Gasteiger partial charge in [-0.2, -0.15) is 0 Å². The molecule has 0 saturated carbocycles. The van der Waals surface area contributed by atoms with Gasteiger partial charge in [-0.15, -0.1) is 0 Å². The maximum Gasteiger partial charge on any atom is 0.181 e. The van der Waals surface area contributed by atoms with Crippen molar-refractivity contribution in [1.82, 2.24) is 9.97 Å². The number of nitrogens with zero attached hydrogens (tertiary/aromatic N) is 2. The van der Waals surface area contributed by atoms with Gasteiger partial charge in [0, 0.05) is 41.9 Å². The highest BCUT2D eigenvalue weighted by Crippen LogP contribution is 2.32. The molecule has 0 N–H and O–H groups in total. The molecule has 7 heteroatoms. The third-order valence-corrected chi connectivity index (χ3v) is 5.89. The Morgan fingerprint density at radius 3 is 2.22 bits per heavy atom. The van der Waals surface area contributed by atoms with Gasteiger partial charge in [-0.05, 0) is 72.6 Å². The fourth-order valence-corrected chi connectivity index (χ4v) is 3.90. The van der Waals surface area contributed by atoms with Gasteiger partial charge in [0.25, 0.3) is 0 Å². The number of Topliss-reactive ketones (excluding diaryl/α,β-unsaturated/α-hetero) is 2. The first kappa shape index (κ1) is 24.7. The molecule has 0 radical (unpaired) electrons. The van der Waals surface area contributed by atoms with Gasteiger partial charge >= 0.3 is 0 Å². The van der Waals surface area contributed by atoms with Gasteiger partial charge in [-0.3, -0.25) is 14.6 Å². The monoisotopic (exact) mass is 484 g/mol. The largest absolute Gasteiger partial charge is 0.496 e. The van der Waals surface area contributed by atoms with Crippen LogP contribution in [-0.4, -0.2) is 35.8 Å². The zero-order valence-electron chi connectivity index (χ0n) is 20.2. The van der Waals surface area contributed by atoms with Gasteiger partial charge in [0.2, 0.25) is 0 Å². The summed E-state index contributed by atoms with van der Waals surface area (Å²) >= 11 is 0. The summed E-state index contributed by atoms with van der Waals surface area (Å²) in [6.45, 7) is 1.66. The number of ether oxygens (including phenoxy) is 2. The lowest BCUT2D eigenvalue weighted by atomic mass is 9.99. The number of hydrogen-bond acceptors (Lipinski definition) is 6. The number of pyridine rings is 2. The summed E-state index contributed by atoms with van der Waals surface area (Å²) in [5.41, 5.74) is 3.98. The molecule has 0 saturated heterocycles. The van der Waals surface area contributed by atoms with Gasteiger partial charge in [0.15, 0.2) is 11.6 Å². The van der Waals surface area contributed by atoms with Crippen LogP contribution in [0.5, 0.6) is 11.5 Å². The van der Waals surface area contributed by atoms with Crippen molar-refractivity contribution in [1.29, 1.82) is 0 Å². The number of aryl methyl sites for hydroxylation is 1. The third-order valence-electron chi connectivity index (χ3n) is 5.89. The van der Waals surface area contributed by atoms with Crippen molar-refractivity contribution in [2.75, 3.05) is 14.2 Å². The van der Waals surface area contributed by atoms with Crippen molar-refractivity contribution in [2.45, 2.75) is 19.8 Å². The first-order valence-corrected chi connectivity index (χ1v) is 11.4. The van der Waals surface area contributed by atoms with Crippen LogP contribution < -0.4 is 9.47 Å². The van der Waals surface area contributed by atoms with Crippen molar-refractivity contribution in [3.05, 3.63) is 95.7 Å². The van der Waals surface area contributed by atoms with Gasteiger partial charge in [0.1, 0.15) is 28.7 Å². The third kappa shape index (κ3) is 5.30. The normalized spacial score (nSPS) is 10.7. The molecule has 0 bridgehead atoms. The molecule has 6 nitrogen and oxygen atoms in total. The fraction of sp³-hybridized carbons (Fsp3) is 0.172. The second kappa shape index (κ2) is 10.9. The second-order valence-electron chi connectivity index (χ2n) is 8.21. The van der Waals surface area contributed by atoms with E-state index in [4.69, 9.17) is 9.47 Å². The predicted molar refractivity (Wildman–Crippen MR) is 135 cm³/mol. The van der Waals surface area contributed by atoms with E-state index in [1.54, 1.807) is 62.8 Å². The van der Waals surface area contributed by atoms with Crippen LogP contribution in [0.3, 0.4) is 0 Å².